The van der Waals surface area contributed by atoms with Gasteiger partial charge in [-0.3, -0.25) is 23.2 Å². The van der Waals surface area contributed by atoms with Crippen molar-refractivity contribution in [2.75, 3.05) is 19.8 Å². The highest BCUT2D eigenvalue weighted by atomic mass is 31.2. The van der Waals surface area contributed by atoms with E-state index >= 15 is 0 Å². The van der Waals surface area contributed by atoms with Crippen LogP contribution in [0, 0.1) is 0 Å². The molecule has 0 aliphatic heterocycles. The number of hydrogen-bond donors (Lipinski definition) is 8. The summed E-state index contributed by atoms with van der Waals surface area (Å²) in [6.45, 7) is 0.922. The molecule has 0 radical (unpaired) electrons. The Balaban J connectivity index is 2.65. The van der Waals surface area contributed by atoms with Crippen LogP contribution in [0.2, 0.25) is 0 Å². The largest absolute Gasteiger partial charge is 0.472 e. The van der Waals surface area contributed by atoms with E-state index < -0.39 is 83.5 Å². The molecule has 8 atom stereocenters. The second-order valence-corrected chi connectivity index (χ2v) is 18.8. The Labute approximate surface area is 403 Å². The lowest BCUT2D eigenvalue weighted by atomic mass is 9.85. The zero-order valence-corrected chi connectivity index (χ0v) is 41.5. The highest BCUT2D eigenvalue weighted by molar-refractivity contribution is 7.47. The maximum Gasteiger partial charge on any atom is 0.472 e. The molecule has 0 aromatic carbocycles. The van der Waals surface area contributed by atoms with Crippen molar-refractivity contribution >= 4 is 27.6 Å². The molecule has 0 aromatic rings. The van der Waals surface area contributed by atoms with Gasteiger partial charge in [0.25, 0.3) is 0 Å². The van der Waals surface area contributed by atoms with Crippen LogP contribution in [-0.4, -0.2) is 115 Å². The summed E-state index contributed by atoms with van der Waals surface area (Å²) in [6, 6.07) is 0. The first kappa shape index (κ1) is 62.9. The van der Waals surface area contributed by atoms with E-state index in [9.17, 15) is 53.8 Å². The van der Waals surface area contributed by atoms with E-state index in [-0.39, 0.29) is 19.4 Å². The van der Waals surface area contributed by atoms with E-state index in [0.717, 1.165) is 96.3 Å². The molecule has 1 rings (SSSR count). The zero-order valence-electron chi connectivity index (χ0n) is 39.7. The van der Waals surface area contributed by atoms with E-state index in [0.29, 0.717) is 19.3 Å². The summed E-state index contributed by atoms with van der Waals surface area (Å²) in [5, 5.41) is 50.1. The number of phosphoric ester groups is 2. The molecule has 0 spiro atoms. The molecule has 1 fully saturated rings. The van der Waals surface area contributed by atoms with Crippen LogP contribution in [0.15, 0.2) is 97.2 Å². The van der Waals surface area contributed by atoms with Gasteiger partial charge in [-0.15, -0.1) is 0 Å². The maximum atomic E-state index is 13.0. The fraction of sp³-hybridized carbons (Fsp3) is 0.633. The summed E-state index contributed by atoms with van der Waals surface area (Å²) >= 11 is 0. The number of hydrogen-bond acceptors (Lipinski definition) is 14. The second-order valence-electron chi connectivity index (χ2n) is 16.2. The number of unbranched alkanes of at least 4 members (excludes halogenated alkanes) is 8. The third kappa shape index (κ3) is 33.4. The molecule has 388 valence electrons. The number of carbonyl (C=O) groups is 2. The average molecular weight is 1000 g/mol. The molecule has 1 aliphatic rings. The van der Waals surface area contributed by atoms with Crippen LogP contribution in [0.3, 0.4) is 0 Å². The molecule has 17 nitrogen and oxygen atoms in total. The Bertz CT molecular complexity index is 1680. The van der Waals surface area contributed by atoms with Crippen molar-refractivity contribution in [1.82, 2.24) is 0 Å². The van der Waals surface area contributed by atoms with Crippen LogP contribution in [0.4, 0.5) is 0 Å². The minimum Gasteiger partial charge on any atom is -0.462 e. The number of esters is 2. The molecule has 0 aromatic heterocycles. The van der Waals surface area contributed by atoms with E-state index in [1.165, 1.54) is 0 Å². The van der Waals surface area contributed by atoms with Gasteiger partial charge in [-0.1, -0.05) is 123 Å². The van der Waals surface area contributed by atoms with Gasteiger partial charge in [-0.05, 0) is 96.3 Å². The van der Waals surface area contributed by atoms with E-state index in [4.69, 9.17) is 23.6 Å². The summed E-state index contributed by atoms with van der Waals surface area (Å²) in [5.74, 6) is -1.32. The molecule has 0 heterocycles. The maximum absolute atomic E-state index is 13.0. The molecular formula is C49H80O17P2. The van der Waals surface area contributed by atoms with E-state index in [2.05, 4.69) is 90.4 Å². The van der Waals surface area contributed by atoms with Gasteiger partial charge in [0.2, 0.25) is 0 Å². The van der Waals surface area contributed by atoms with Crippen molar-refractivity contribution in [1.29, 1.82) is 0 Å². The predicted octanol–water partition coefficient (Wildman–Crippen LogP) is 8.14. The minimum absolute atomic E-state index is 0.00701. The van der Waals surface area contributed by atoms with Crippen molar-refractivity contribution in [3.63, 3.8) is 0 Å². The molecule has 1 aliphatic carbocycles. The predicted molar refractivity (Wildman–Crippen MR) is 261 cm³/mol. The smallest absolute Gasteiger partial charge is 0.462 e. The third-order valence-corrected chi connectivity index (χ3v) is 11.7. The SMILES string of the molecule is CC/C=C\C/C=C\C/C=C\C/C=C\CCCCCCC(=O)O[C@H](COC(=O)CCC/C=C\C/C=C\C/C=C\C/C=C\CCCCCO)COP(=O)(O)O[C@H]1C(O)C(O)C(O)[C@@H](OP(=O)(O)O)C1O. The summed E-state index contributed by atoms with van der Waals surface area (Å²) in [7, 11) is -10.7. The lowest BCUT2D eigenvalue weighted by molar-refractivity contribution is -0.216. The first-order chi connectivity index (χ1) is 32.6. The van der Waals surface area contributed by atoms with Crippen molar-refractivity contribution in [2.24, 2.45) is 0 Å². The van der Waals surface area contributed by atoms with Gasteiger partial charge in [0.05, 0.1) is 6.61 Å². The lowest BCUT2D eigenvalue weighted by Crippen LogP contribution is -2.64. The third-order valence-electron chi connectivity index (χ3n) is 10.2. The number of carbonyl (C=O) groups excluding carboxylic acids is 2. The van der Waals surface area contributed by atoms with Crippen LogP contribution in [0.5, 0.6) is 0 Å². The van der Waals surface area contributed by atoms with Crippen LogP contribution in [0.25, 0.3) is 0 Å². The van der Waals surface area contributed by atoms with Crippen molar-refractivity contribution in [3.05, 3.63) is 97.2 Å². The Kier molecular flexibility index (Phi) is 36.6. The highest BCUT2D eigenvalue weighted by Gasteiger charge is 2.54. The molecule has 0 bridgehead atoms. The van der Waals surface area contributed by atoms with Crippen molar-refractivity contribution < 1.29 is 82.0 Å². The standard InChI is InChI=1S/C49H80O17P2/c1-2-3-4-5-6-7-8-9-10-12-16-19-22-25-28-31-34-37-43(52)64-41(40-63-68(60,61)66-49-46(55)44(53)45(54)48(47(49)56)65-67(57,58)59)39-62-42(51)36-33-30-27-24-21-18-15-13-11-14-17-20-23-26-29-32-35-38-50/h3-4,6-7,9-11,14-16,18-20,23-24,27,41,44-50,53-56H,2,5,8,12-13,17,21-22,25-26,28-40H2,1H3,(H,60,61)(H2,57,58,59)/b4-3-,7-6-,10-9-,14-11-,18-15-,19-16-,23-20-,27-24-/t41-,44?,45?,46?,47?,48-,49+/m1/s1. The van der Waals surface area contributed by atoms with Gasteiger partial charge >= 0.3 is 27.6 Å². The van der Waals surface area contributed by atoms with Gasteiger partial charge in [0.15, 0.2) is 6.10 Å². The first-order valence-corrected chi connectivity index (χ1v) is 26.9. The fourth-order valence-corrected chi connectivity index (χ4v) is 8.06. The fourth-order valence-electron chi connectivity index (χ4n) is 6.52. The summed E-state index contributed by atoms with van der Waals surface area (Å²) in [6.07, 6.45) is 33.8. The van der Waals surface area contributed by atoms with E-state index in [1.807, 2.05) is 18.2 Å². The Morgan fingerprint density at radius 1 is 0.500 bits per heavy atom. The molecule has 8 N–H and O–H groups in total. The number of aliphatic hydroxyl groups excluding tert-OH is 5. The van der Waals surface area contributed by atoms with Crippen LogP contribution in [-0.2, 0) is 41.8 Å². The Hall–Kier alpha value is -3.12. The monoisotopic (exact) mass is 1000 g/mol. The number of aliphatic hydroxyl groups is 5. The highest BCUT2D eigenvalue weighted by Crippen LogP contribution is 2.49. The number of phosphoric acid groups is 2. The van der Waals surface area contributed by atoms with Crippen molar-refractivity contribution in [2.45, 2.75) is 178 Å². The topological polar surface area (TPSA) is 276 Å². The van der Waals surface area contributed by atoms with Gasteiger partial charge in [0, 0.05) is 19.4 Å². The summed E-state index contributed by atoms with van der Waals surface area (Å²) in [4.78, 5) is 54.3. The molecule has 19 heteroatoms. The van der Waals surface area contributed by atoms with Crippen molar-refractivity contribution in [3.8, 4) is 0 Å². The van der Waals surface area contributed by atoms with Gasteiger partial charge in [-0.25, -0.2) is 9.13 Å². The molecule has 1 saturated carbocycles. The molecular weight excluding hydrogens is 922 g/mol. The minimum atomic E-state index is -5.38. The second kappa shape index (κ2) is 39.6. The van der Waals surface area contributed by atoms with Crippen LogP contribution < -0.4 is 0 Å². The molecule has 0 amide bonds. The summed E-state index contributed by atoms with van der Waals surface area (Å²) in [5.41, 5.74) is 0. The van der Waals surface area contributed by atoms with Crippen LogP contribution in [0.1, 0.15) is 135 Å². The molecule has 68 heavy (non-hydrogen) atoms. The van der Waals surface area contributed by atoms with E-state index in [1.54, 1.807) is 0 Å². The number of rotatable bonds is 39. The average Bonchev–Trinajstić information content (AvgIpc) is 3.29. The quantitative estimate of drug-likeness (QED) is 0.0125. The first-order valence-electron chi connectivity index (χ1n) is 23.9. The zero-order chi connectivity index (χ0) is 50.3. The Morgan fingerprint density at radius 2 is 0.926 bits per heavy atom. The molecule has 0 saturated heterocycles. The lowest BCUT2D eigenvalue weighted by Gasteiger charge is -2.43. The number of ether oxygens (including phenoxy) is 2. The van der Waals surface area contributed by atoms with Gasteiger partial charge in [-0.2, -0.15) is 0 Å². The normalized spacial score (nSPS) is 22.1. The molecule has 5 unspecified atom stereocenters. The summed E-state index contributed by atoms with van der Waals surface area (Å²) < 4.78 is 49.3. The van der Waals surface area contributed by atoms with Gasteiger partial charge in [0.1, 0.15) is 43.2 Å². The number of allylic oxidation sites excluding steroid dienone is 16. The Morgan fingerprint density at radius 3 is 1.41 bits per heavy atom. The van der Waals surface area contributed by atoms with Gasteiger partial charge < -0.3 is 49.7 Å². The van der Waals surface area contributed by atoms with Crippen LogP contribution >= 0.6 is 15.6 Å².